The first-order chi connectivity index (χ1) is 7.78. The van der Waals surface area contributed by atoms with Crippen LogP contribution in [0.2, 0.25) is 0 Å². The van der Waals surface area contributed by atoms with E-state index in [9.17, 15) is 9.59 Å². The molecule has 0 aromatic carbocycles. The number of carboxylic acid groups (broad SMARTS) is 1. The summed E-state index contributed by atoms with van der Waals surface area (Å²) in [5.74, 6) is -0.964. The summed E-state index contributed by atoms with van der Waals surface area (Å²) < 4.78 is 5.49. The predicted molar refractivity (Wildman–Crippen MR) is 61.7 cm³/mol. The Morgan fingerprint density at radius 2 is 2.18 bits per heavy atom. The monoisotopic (exact) mass is 244 g/mol. The second-order valence-electron chi connectivity index (χ2n) is 5.11. The molecule has 1 aliphatic heterocycles. The normalized spacial score (nSPS) is 26.8. The van der Waals surface area contributed by atoms with Crippen molar-refractivity contribution in [1.29, 1.82) is 0 Å². The Morgan fingerprint density at radius 1 is 1.59 bits per heavy atom. The molecule has 0 amide bonds. The second kappa shape index (κ2) is 5.12. The fourth-order valence-electron chi connectivity index (χ4n) is 1.98. The van der Waals surface area contributed by atoms with E-state index < -0.39 is 23.8 Å². The molecule has 1 rings (SSSR count). The number of ether oxygens (including phenoxy) is 1. The number of hydrogen-bond donors (Lipinski definition) is 1. The van der Waals surface area contributed by atoms with Crippen LogP contribution in [0.5, 0.6) is 0 Å². The lowest BCUT2D eigenvalue weighted by molar-refractivity contribution is -0.173. The van der Waals surface area contributed by atoms with Crippen molar-refractivity contribution < 1.29 is 19.4 Å². The summed E-state index contributed by atoms with van der Waals surface area (Å²) >= 11 is 0. The Labute approximate surface area is 101 Å². The third kappa shape index (κ3) is 3.24. The van der Waals surface area contributed by atoms with Crippen LogP contribution >= 0.6 is 0 Å². The van der Waals surface area contributed by atoms with E-state index in [-0.39, 0.29) is 6.61 Å². The van der Waals surface area contributed by atoms with Crippen LogP contribution in [0.15, 0.2) is 0 Å². The molecule has 0 aromatic rings. The zero-order valence-electron chi connectivity index (χ0n) is 10.7. The molecule has 0 saturated carbocycles. The van der Waals surface area contributed by atoms with Crippen molar-refractivity contribution in [3.8, 4) is 0 Å². The van der Waals surface area contributed by atoms with Gasteiger partial charge in [0.1, 0.15) is 12.2 Å². The van der Waals surface area contributed by atoms with E-state index in [0.29, 0.717) is 6.54 Å². The zero-order chi connectivity index (χ0) is 13.2. The number of aldehydes is 1. The van der Waals surface area contributed by atoms with Crippen molar-refractivity contribution in [1.82, 2.24) is 9.80 Å². The van der Waals surface area contributed by atoms with Crippen molar-refractivity contribution in [2.24, 2.45) is 0 Å². The molecule has 2 atom stereocenters. The fraction of sp³-hybridized carbons (Fsp3) is 0.818. The largest absolute Gasteiger partial charge is 0.480 e. The molecular weight excluding hydrogens is 224 g/mol. The summed E-state index contributed by atoms with van der Waals surface area (Å²) in [6.45, 7) is 4.28. The number of carboxylic acids is 1. The zero-order valence-corrected chi connectivity index (χ0v) is 10.7. The van der Waals surface area contributed by atoms with Gasteiger partial charge in [0.15, 0.2) is 6.29 Å². The first-order valence-electron chi connectivity index (χ1n) is 5.53. The first-order valence-corrected chi connectivity index (χ1v) is 5.53. The molecule has 1 saturated heterocycles. The molecule has 0 aliphatic carbocycles. The summed E-state index contributed by atoms with van der Waals surface area (Å²) in [6, 6.07) is -0.777. The summed E-state index contributed by atoms with van der Waals surface area (Å²) in [7, 11) is 3.50. The lowest BCUT2D eigenvalue weighted by Gasteiger charge is -2.45. The number of carbonyl (C=O) groups is 2. The van der Waals surface area contributed by atoms with Gasteiger partial charge < -0.3 is 14.6 Å². The third-order valence-corrected chi connectivity index (χ3v) is 2.87. The molecule has 0 spiro atoms. The van der Waals surface area contributed by atoms with Crippen LogP contribution in [0.4, 0.5) is 0 Å². The van der Waals surface area contributed by atoms with Crippen LogP contribution in [0.3, 0.4) is 0 Å². The molecule has 98 valence electrons. The van der Waals surface area contributed by atoms with Crippen LogP contribution in [-0.4, -0.2) is 72.2 Å². The quantitative estimate of drug-likeness (QED) is 0.681. The number of morpholine rings is 1. The number of aliphatic carboxylic acids is 1. The van der Waals surface area contributed by atoms with E-state index in [1.165, 1.54) is 0 Å². The van der Waals surface area contributed by atoms with Crippen LogP contribution in [0, 0.1) is 0 Å². The van der Waals surface area contributed by atoms with Crippen molar-refractivity contribution in [2.45, 2.75) is 31.7 Å². The summed E-state index contributed by atoms with van der Waals surface area (Å²) in [4.78, 5) is 25.6. The van der Waals surface area contributed by atoms with E-state index in [0.717, 1.165) is 6.29 Å². The highest BCUT2D eigenvalue weighted by atomic mass is 16.5. The lowest BCUT2D eigenvalue weighted by atomic mass is 10.0. The van der Waals surface area contributed by atoms with E-state index in [1.54, 1.807) is 23.9 Å². The van der Waals surface area contributed by atoms with Gasteiger partial charge in [-0.2, -0.15) is 0 Å². The Kier molecular flexibility index (Phi) is 4.24. The van der Waals surface area contributed by atoms with Gasteiger partial charge in [0, 0.05) is 6.54 Å². The maximum Gasteiger partial charge on any atom is 0.323 e. The first kappa shape index (κ1) is 14.1. The fourth-order valence-corrected chi connectivity index (χ4v) is 1.98. The summed E-state index contributed by atoms with van der Waals surface area (Å²) in [6.07, 6.45) is 0.219. The number of carbonyl (C=O) groups excluding carboxylic acids is 1. The van der Waals surface area contributed by atoms with Gasteiger partial charge in [0.25, 0.3) is 0 Å². The number of likely N-dealkylation sites (N-methyl/N-ethyl adjacent to an activating group) is 1. The van der Waals surface area contributed by atoms with Crippen LogP contribution < -0.4 is 0 Å². The van der Waals surface area contributed by atoms with Crippen molar-refractivity contribution >= 4 is 12.3 Å². The van der Waals surface area contributed by atoms with Crippen molar-refractivity contribution in [3.63, 3.8) is 0 Å². The number of rotatable bonds is 4. The van der Waals surface area contributed by atoms with E-state index in [4.69, 9.17) is 9.84 Å². The average molecular weight is 244 g/mol. The Hall–Kier alpha value is -0.980. The molecule has 0 bridgehead atoms. The van der Waals surface area contributed by atoms with Crippen molar-refractivity contribution in [3.05, 3.63) is 0 Å². The van der Waals surface area contributed by atoms with Gasteiger partial charge >= 0.3 is 5.97 Å². The Bertz CT molecular complexity index is 302. The maximum atomic E-state index is 11.2. The average Bonchev–Trinajstić information content (AvgIpc) is 2.16. The van der Waals surface area contributed by atoms with Crippen LogP contribution in [0.25, 0.3) is 0 Å². The van der Waals surface area contributed by atoms with E-state index >= 15 is 0 Å². The van der Waals surface area contributed by atoms with Gasteiger partial charge in [0.2, 0.25) is 0 Å². The molecule has 1 fully saturated rings. The smallest absolute Gasteiger partial charge is 0.323 e. The summed E-state index contributed by atoms with van der Waals surface area (Å²) in [5.41, 5.74) is -0.441. The predicted octanol–water partition coefficient (Wildman–Crippen LogP) is -0.363. The molecule has 17 heavy (non-hydrogen) atoms. The van der Waals surface area contributed by atoms with Gasteiger partial charge in [0.05, 0.1) is 12.2 Å². The highest BCUT2D eigenvalue weighted by Crippen LogP contribution is 2.23. The molecule has 6 nitrogen and oxygen atoms in total. The lowest BCUT2D eigenvalue weighted by Crippen LogP contribution is -2.63. The second-order valence-corrected chi connectivity index (χ2v) is 5.11. The van der Waals surface area contributed by atoms with Gasteiger partial charge in [-0.15, -0.1) is 0 Å². The van der Waals surface area contributed by atoms with Crippen LogP contribution in [-0.2, 0) is 14.3 Å². The Balaban J connectivity index is 2.94. The molecule has 1 N–H and O–H groups in total. The van der Waals surface area contributed by atoms with Gasteiger partial charge in [-0.3, -0.25) is 14.6 Å². The Morgan fingerprint density at radius 3 is 2.59 bits per heavy atom. The van der Waals surface area contributed by atoms with Gasteiger partial charge in [-0.25, -0.2) is 0 Å². The topological polar surface area (TPSA) is 70.1 Å². The SMILES string of the molecule is CN(C)C(C=O)N1CC(C)(C)OCC1C(=O)O. The molecule has 0 aromatic heterocycles. The minimum atomic E-state index is -0.964. The number of nitrogens with zero attached hydrogens (tertiary/aromatic N) is 2. The number of hydrogen-bond acceptors (Lipinski definition) is 5. The van der Waals surface area contributed by atoms with Crippen molar-refractivity contribution in [2.75, 3.05) is 27.2 Å². The molecule has 0 radical (unpaired) electrons. The van der Waals surface area contributed by atoms with E-state index in [1.807, 2.05) is 13.8 Å². The molecule has 1 heterocycles. The van der Waals surface area contributed by atoms with Gasteiger partial charge in [-0.1, -0.05) is 0 Å². The van der Waals surface area contributed by atoms with Crippen LogP contribution in [0.1, 0.15) is 13.8 Å². The minimum Gasteiger partial charge on any atom is -0.480 e. The molecule has 1 aliphatic rings. The van der Waals surface area contributed by atoms with Gasteiger partial charge in [-0.05, 0) is 27.9 Å². The molecular formula is C11H20N2O4. The molecule has 6 heteroatoms. The standard InChI is InChI=1S/C11H20N2O4/c1-11(2)7-13(9(5-14)12(3)4)8(6-17-11)10(15)16/h5,8-9H,6-7H2,1-4H3,(H,15,16). The third-order valence-electron chi connectivity index (χ3n) is 2.87. The highest BCUT2D eigenvalue weighted by molar-refractivity contribution is 5.74. The summed E-state index contributed by atoms with van der Waals surface area (Å²) in [5, 5.41) is 9.15. The minimum absolute atomic E-state index is 0.0977. The van der Waals surface area contributed by atoms with E-state index in [2.05, 4.69) is 0 Å². The highest BCUT2D eigenvalue weighted by Gasteiger charge is 2.41. The molecule has 2 unspecified atom stereocenters. The maximum absolute atomic E-state index is 11.2.